The molecule has 8 atom stereocenters. The lowest BCUT2D eigenvalue weighted by Gasteiger charge is -2.63. The van der Waals surface area contributed by atoms with E-state index in [1.165, 1.54) is 0 Å². The van der Waals surface area contributed by atoms with E-state index < -0.39 is 11.0 Å². The first kappa shape index (κ1) is 17.7. The van der Waals surface area contributed by atoms with Gasteiger partial charge in [0.05, 0.1) is 6.10 Å². The van der Waals surface area contributed by atoms with Gasteiger partial charge in [0.1, 0.15) is 11.4 Å². The molecular weight excluding hydrogens is 316 g/mol. The van der Waals surface area contributed by atoms with Gasteiger partial charge in [-0.2, -0.15) is 0 Å². The van der Waals surface area contributed by atoms with E-state index in [1.54, 1.807) is 6.92 Å². The van der Waals surface area contributed by atoms with Gasteiger partial charge in [0.15, 0.2) is 5.78 Å². The van der Waals surface area contributed by atoms with Crippen LogP contribution in [0.4, 0.5) is 0 Å². The number of ketones is 2. The standard InChI is InChI=1S/C21H32O4/c1-19-9-8-13(22)10-12(19)4-5-14-15-6-7-17(24)21(3,25)20(15,2)11-16(23)18(14)19/h12-15,18,22,25H,4-11H2,1-3H3/t12-,13+,14-,15+,18+,19+,20+,21+/m0/s1. The fraction of sp³-hybridized carbons (Fsp3) is 0.905. The SMILES string of the molecule is C[C@@]12CC[C@@H](O)C[C@@H]1CC[C@H]1[C@H]3CCC(=O)[C@@](C)(O)[C@]3(C)CC(=O)[C@@H]12. The van der Waals surface area contributed by atoms with Gasteiger partial charge in [-0.15, -0.1) is 0 Å². The minimum absolute atomic E-state index is 0.0200. The van der Waals surface area contributed by atoms with Crippen molar-refractivity contribution in [1.29, 1.82) is 0 Å². The third kappa shape index (κ3) is 2.19. The first-order valence-electron chi connectivity index (χ1n) is 10.1. The highest BCUT2D eigenvalue weighted by molar-refractivity contribution is 5.92. The smallest absolute Gasteiger partial charge is 0.164 e. The van der Waals surface area contributed by atoms with E-state index in [4.69, 9.17) is 0 Å². The lowest BCUT2D eigenvalue weighted by atomic mass is 9.40. The average Bonchev–Trinajstić information content (AvgIpc) is 2.52. The number of carbonyl (C=O) groups excluding carboxylic acids is 2. The summed E-state index contributed by atoms with van der Waals surface area (Å²) >= 11 is 0. The summed E-state index contributed by atoms with van der Waals surface area (Å²) in [5.41, 5.74) is -2.04. The van der Waals surface area contributed by atoms with Gasteiger partial charge in [0.25, 0.3) is 0 Å². The van der Waals surface area contributed by atoms with Crippen LogP contribution in [0.1, 0.15) is 72.1 Å². The van der Waals surface area contributed by atoms with Crippen molar-refractivity contribution >= 4 is 11.6 Å². The largest absolute Gasteiger partial charge is 0.393 e. The van der Waals surface area contributed by atoms with Crippen LogP contribution in [0.25, 0.3) is 0 Å². The molecule has 2 N–H and O–H groups in total. The fourth-order valence-corrected chi connectivity index (χ4v) is 7.33. The van der Waals surface area contributed by atoms with Gasteiger partial charge in [-0.25, -0.2) is 0 Å². The van der Waals surface area contributed by atoms with Crippen LogP contribution >= 0.6 is 0 Å². The number of fused-ring (bicyclic) bond motifs is 5. The zero-order chi connectivity index (χ0) is 18.2. The minimum Gasteiger partial charge on any atom is -0.393 e. The number of hydrogen-bond donors (Lipinski definition) is 2. The van der Waals surface area contributed by atoms with Crippen LogP contribution in [-0.4, -0.2) is 33.5 Å². The highest BCUT2D eigenvalue weighted by Crippen LogP contribution is 2.65. The summed E-state index contributed by atoms with van der Waals surface area (Å²) in [6.07, 6.45) is 5.94. The van der Waals surface area contributed by atoms with Crippen molar-refractivity contribution in [3.63, 3.8) is 0 Å². The highest BCUT2D eigenvalue weighted by Gasteiger charge is 2.66. The molecule has 4 saturated carbocycles. The Balaban J connectivity index is 1.72. The fourth-order valence-electron chi connectivity index (χ4n) is 7.33. The Hall–Kier alpha value is -0.740. The number of aliphatic hydroxyl groups excluding tert-OH is 1. The molecule has 0 radical (unpaired) electrons. The maximum Gasteiger partial charge on any atom is 0.164 e. The first-order valence-corrected chi connectivity index (χ1v) is 10.1. The lowest BCUT2D eigenvalue weighted by Crippen LogP contribution is -2.66. The van der Waals surface area contributed by atoms with E-state index in [2.05, 4.69) is 6.92 Å². The van der Waals surface area contributed by atoms with Crippen molar-refractivity contribution in [2.24, 2.45) is 34.5 Å². The van der Waals surface area contributed by atoms with Gasteiger partial charge < -0.3 is 10.2 Å². The molecular formula is C21H32O4. The molecule has 0 spiro atoms. The summed E-state index contributed by atoms with van der Waals surface area (Å²) < 4.78 is 0. The normalized spacial score (nSPS) is 56.0. The molecule has 0 amide bonds. The molecule has 0 aromatic rings. The molecule has 0 bridgehead atoms. The summed E-state index contributed by atoms with van der Waals surface area (Å²) in [5.74, 6) is 1.15. The van der Waals surface area contributed by atoms with Gasteiger partial charge in [-0.1, -0.05) is 13.8 Å². The van der Waals surface area contributed by atoms with Crippen LogP contribution in [0.3, 0.4) is 0 Å². The van der Waals surface area contributed by atoms with Gasteiger partial charge in [0.2, 0.25) is 0 Å². The monoisotopic (exact) mass is 348 g/mol. The van der Waals surface area contributed by atoms with Crippen LogP contribution in [0.15, 0.2) is 0 Å². The Morgan fingerprint density at radius 1 is 1.04 bits per heavy atom. The Morgan fingerprint density at radius 2 is 1.76 bits per heavy atom. The summed E-state index contributed by atoms with van der Waals surface area (Å²) in [4.78, 5) is 25.7. The second-order valence-corrected chi connectivity index (χ2v) is 10.1. The highest BCUT2D eigenvalue weighted by atomic mass is 16.3. The van der Waals surface area contributed by atoms with Crippen LogP contribution in [0, 0.1) is 34.5 Å². The molecule has 4 nitrogen and oxygen atoms in total. The predicted molar refractivity (Wildman–Crippen MR) is 93.8 cm³/mol. The quantitative estimate of drug-likeness (QED) is 0.706. The Labute approximate surface area is 150 Å². The van der Waals surface area contributed by atoms with Crippen LogP contribution in [0.2, 0.25) is 0 Å². The maximum absolute atomic E-state index is 13.3. The van der Waals surface area contributed by atoms with Gasteiger partial charge >= 0.3 is 0 Å². The van der Waals surface area contributed by atoms with Crippen molar-refractivity contribution in [3.8, 4) is 0 Å². The summed E-state index contributed by atoms with van der Waals surface area (Å²) in [5, 5.41) is 21.1. The van der Waals surface area contributed by atoms with E-state index in [1.807, 2.05) is 6.92 Å². The molecule has 0 aliphatic heterocycles. The Morgan fingerprint density at radius 3 is 2.48 bits per heavy atom. The van der Waals surface area contributed by atoms with Crippen LogP contribution < -0.4 is 0 Å². The molecule has 4 heteroatoms. The zero-order valence-corrected chi connectivity index (χ0v) is 15.8. The van der Waals surface area contributed by atoms with Crippen molar-refractivity contribution < 1.29 is 19.8 Å². The molecule has 0 aromatic carbocycles. The molecule has 4 rings (SSSR count). The molecule has 25 heavy (non-hydrogen) atoms. The number of aliphatic hydroxyl groups is 2. The van der Waals surface area contributed by atoms with Crippen molar-refractivity contribution in [2.75, 3.05) is 0 Å². The molecule has 0 saturated heterocycles. The zero-order valence-electron chi connectivity index (χ0n) is 15.8. The Kier molecular flexibility index (Phi) is 3.81. The number of hydrogen-bond acceptors (Lipinski definition) is 4. The molecule has 0 aromatic heterocycles. The molecule has 140 valence electrons. The first-order chi connectivity index (χ1) is 11.6. The van der Waals surface area contributed by atoms with Crippen LogP contribution in [0.5, 0.6) is 0 Å². The maximum atomic E-state index is 13.3. The van der Waals surface area contributed by atoms with Crippen molar-refractivity contribution in [1.82, 2.24) is 0 Å². The van der Waals surface area contributed by atoms with E-state index in [9.17, 15) is 19.8 Å². The minimum atomic E-state index is -1.39. The second kappa shape index (κ2) is 5.39. The predicted octanol–water partition coefficient (Wildman–Crippen LogP) is 2.89. The van der Waals surface area contributed by atoms with Gasteiger partial charge in [-0.3, -0.25) is 9.59 Å². The number of Topliss-reactive ketones (excluding diaryl/α,β-unsaturated/α-hetero) is 2. The molecule has 4 aliphatic rings. The lowest BCUT2D eigenvalue weighted by molar-refractivity contribution is -0.199. The summed E-state index contributed by atoms with van der Waals surface area (Å²) in [6, 6.07) is 0. The second-order valence-electron chi connectivity index (χ2n) is 10.1. The topological polar surface area (TPSA) is 74.6 Å². The van der Waals surface area contributed by atoms with E-state index >= 15 is 0 Å². The summed E-state index contributed by atoms with van der Waals surface area (Å²) in [6.45, 7) is 5.88. The van der Waals surface area contributed by atoms with E-state index in [-0.39, 0.29) is 40.8 Å². The van der Waals surface area contributed by atoms with E-state index in [0.717, 1.165) is 38.5 Å². The third-order valence-corrected chi connectivity index (χ3v) is 9.05. The van der Waals surface area contributed by atoms with Crippen molar-refractivity contribution in [2.45, 2.75) is 83.8 Å². The molecule has 4 aliphatic carbocycles. The Bertz CT molecular complexity index is 611. The van der Waals surface area contributed by atoms with Crippen molar-refractivity contribution in [3.05, 3.63) is 0 Å². The van der Waals surface area contributed by atoms with Gasteiger partial charge in [0, 0.05) is 24.2 Å². The molecule has 4 fully saturated rings. The summed E-state index contributed by atoms with van der Waals surface area (Å²) in [7, 11) is 0. The number of carbonyl (C=O) groups is 2. The van der Waals surface area contributed by atoms with Crippen LogP contribution in [-0.2, 0) is 9.59 Å². The average molecular weight is 348 g/mol. The third-order valence-electron chi connectivity index (χ3n) is 9.05. The molecule has 0 unspecified atom stereocenters. The van der Waals surface area contributed by atoms with Gasteiger partial charge in [-0.05, 0) is 68.6 Å². The van der Waals surface area contributed by atoms with E-state index in [0.29, 0.717) is 18.8 Å². The number of rotatable bonds is 0. The molecule has 0 heterocycles.